The van der Waals surface area contributed by atoms with Crippen molar-refractivity contribution in [3.63, 3.8) is 0 Å². The van der Waals surface area contributed by atoms with Gasteiger partial charge in [0, 0.05) is 54.6 Å². The standard InChI is InChI=1S/C25H30N4O2.C17H21ClN4O2.C8H10BO2/c1-16-10-11-17(2)20(14-16)23-27-21-9-7-6-8-19(21)22(28-23)26-18-12-13-29(15-18)24(30)31-25(3,4)5;1-17(2,3)24-16(23)22-9-8-11(10-22)19-14-12-6-4-5-7-13(12)20-15(18)21-14;1-6-3-4-7(2)8(5-6)11-9-10/h6-11,14,18H,12-13,15H2,1-5H3,(H,26,27,28);4-7,11H,8-10H2,1-3H3,(H,19,20,21);3-5,10H,1-2H3/t18-;11-;/m00./s1. The van der Waals surface area contributed by atoms with Crippen LogP contribution in [0.3, 0.4) is 0 Å². The quantitative estimate of drug-likeness (QED) is 0.103. The van der Waals surface area contributed by atoms with Crippen LogP contribution in [0.2, 0.25) is 5.28 Å². The number of fused-ring (bicyclic) bond motifs is 2. The van der Waals surface area contributed by atoms with E-state index < -0.39 is 11.2 Å². The average molecular weight is 916 g/mol. The Morgan fingerprint density at radius 1 is 0.667 bits per heavy atom. The Kier molecular flexibility index (Phi) is 16.0. The van der Waals surface area contributed by atoms with Gasteiger partial charge in [-0.15, -0.1) is 0 Å². The summed E-state index contributed by atoms with van der Waals surface area (Å²) < 4.78 is 15.8. The molecule has 0 saturated carbocycles. The van der Waals surface area contributed by atoms with E-state index >= 15 is 0 Å². The molecule has 14 nitrogen and oxygen atoms in total. The lowest BCUT2D eigenvalue weighted by atomic mass is 10.0. The molecule has 1 radical (unpaired) electrons. The summed E-state index contributed by atoms with van der Waals surface area (Å²) in [6.45, 7) is 21.8. The summed E-state index contributed by atoms with van der Waals surface area (Å²) in [6, 6.07) is 28.1. The number of carbonyl (C=O) groups is 2. The predicted molar refractivity (Wildman–Crippen MR) is 263 cm³/mol. The van der Waals surface area contributed by atoms with Gasteiger partial charge in [0.05, 0.1) is 11.0 Å². The van der Waals surface area contributed by atoms with E-state index in [1.807, 2.05) is 122 Å². The molecule has 2 amide bonds. The number of nitrogens with zero attached hydrogens (tertiary/aromatic N) is 6. The van der Waals surface area contributed by atoms with Crippen LogP contribution in [0.25, 0.3) is 33.2 Å². The summed E-state index contributed by atoms with van der Waals surface area (Å²) in [5, 5.41) is 17.5. The first kappa shape index (κ1) is 49.3. The van der Waals surface area contributed by atoms with Gasteiger partial charge in [0.2, 0.25) is 5.28 Å². The number of amides is 2. The maximum Gasteiger partial charge on any atom is 0.569 e. The number of rotatable bonds is 7. The van der Waals surface area contributed by atoms with Crippen molar-refractivity contribution in [2.24, 2.45) is 0 Å². The third-order valence-electron chi connectivity index (χ3n) is 10.7. The second kappa shape index (κ2) is 21.4. The van der Waals surface area contributed by atoms with E-state index in [0.717, 1.165) is 62.7 Å². The minimum Gasteiger partial charge on any atom is -0.537 e. The average Bonchev–Trinajstić information content (AvgIpc) is 3.93. The van der Waals surface area contributed by atoms with E-state index in [1.165, 1.54) is 5.56 Å². The molecule has 2 atom stereocenters. The van der Waals surface area contributed by atoms with Crippen LogP contribution in [0.4, 0.5) is 21.2 Å². The van der Waals surface area contributed by atoms with Gasteiger partial charge >= 0.3 is 19.9 Å². The summed E-state index contributed by atoms with van der Waals surface area (Å²) >= 11 is 6.01. The minimum atomic E-state index is -0.494. The lowest BCUT2D eigenvalue weighted by Crippen LogP contribution is -2.36. The molecule has 66 heavy (non-hydrogen) atoms. The van der Waals surface area contributed by atoms with Gasteiger partial charge in [-0.2, -0.15) is 0 Å². The van der Waals surface area contributed by atoms with Crippen LogP contribution in [0.1, 0.15) is 76.6 Å². The third kappa shape index (κ3) is 13.7. The number of likely N-dealkylation sites (tertiary alicyclic amines) is 2. The van der Waals surface area contributed by atoms with Crippen LogP contribution in [-0.4, -0.2) is 104 Å². The molecule has 2 aliphatic heterocycles. The van der Waals surface area contributed by atoms with Crippen molar-refractivity contribution < 1.29 is 28.7 Å². The van der Waals surface area contributed by atoms with E-state index in [-0.39, 0.29) is 29.6 Å². The zero-order chi connectivity index (χ0) is 47.8. The van der Waals surface area contributed by atoms with Crippen LogP contribution in [-0.2, 0) is 9.47 Å². The number of nitrogens with one attached hydrogen (secondary N) is 2. The number of anilines is 2. The number of aryl methyl sites for hydroxylation is 4. The number of carbonyl (C=O) groups excluding carboxylic acids is 2. The molecular weight excluding hydrogens is 855 g/mol. The number of aromatic nitrogens is 4. The van der Waals surface area contributed by atoms with Crippen molar-refractivity contribution in [2.45, 2.75) is 105 Å². The zero-order valence-electron chi connectivity index (χ0n) is 39.6. The van der Waals surface area contributed by atoms with E-state index in [1.54, 1.807) is 9.80 Å². The van der Waals surface area contributed by atoms with Crippen LogP contribution < -0.4 is 15.3 Å². The molecule has 0 aliphatic carbocycles. The molecule has 6 aromatic rings. The minimum absolute atomic E-state index is 0.104. The molecule has 4 aromatic carbocycles. The fraction of sp³-hybridized carbons (Fsp3) is 0.400. The van der Waals surface area contributed by atoms with Crippen LogP contribution in [0.15, 0.2) is 84.9 Å². The van der Waals surface area contributed by atoms with Crippen LogP contribution in [0.5, 0.6) is 5.75 Å². The number of hydrogen-bond acceptors (Lipinski definition) is 12. The molecule has 0 spiro atoms. The Bertz CT molecular complexity index is 2660. The second-order valence-corrected chi connectivity index (χ2v) is 19.0. The fourth-order valence-electron chi connectivity index (χ4n) is 7.46. The van der Waals surface area contributed by atoms with Crippen molar-refractivity contribution in [3.05, 3.63) is 112 Å². The maximum atomic E-state index is 12.4. The molecular formula is C50H61BClN8O6. The van der Waals surface area contributed by atoms with Gasteiger partial charge in [0.1, 0.15) is 28.6 Å². The van der Waals surface area contributed by atoms with Gasteiger partial charge in [-0.25, -0.2) is 29.5 Å². The first-order valence-electron chi connectivity index (χ1n) is 22.2. The smallest absolute Gasteiger partial charge is 0.537 e. The molecule has 0 unspecified atom stereocenters. The van der Waals surface area contributed by atoms with E-state index in [4.69, 9.17) is 40.7 Å². The van der Waals surface area contributed by atoms with Gasteiger partial charge in [-0.1, -0.05) is 54.1 Å². The molecule has 2 aliphatic rings. The van der Waals surface area contributed by atoms with Crippen LogP contribution >= 0.6 is 11.6 Å². The SMILES string of the molecule is CC(C)(C)OC(=O)N1CC[C@H](Nc2nc(Cl)nc3ccccc23)C1.Cc1ccc(C)c(-c2nc(N[C@H]3CCN(C(=O)OC(C)(C)C)C3)c3ccccc3n2)c1.Cc1ccc(C)c(O[B]O)c1. The first-order chi connectivity index (χ1) is 31.2. The first-order valence-corrected chi connectivity index (χ1v) is 22.6. The van der Waals surface area contributed by atoms with Crippen molar-refractivity contribution in [2.75, 3.05) is 36.8 Å². The number of halogens is 1. The van der Waals surface area contributed by atoms with E-state index in [0.29, 0.717) is 51.3 Å². The predicted octanol–water partition coefficient (Wildman–Crippen LogP) is 10.2. The lowest BCUT2D eigenvalue weighted by Gasteiger charge is -2.24. The third-order valence-corrected chi connectivity index (χ3v) is 10.9. The molecule has 2 fully saturated rings. The molecule has 2 aromatic heterocycles. The monoisotopic (exact) mass is 915 g/mol. The Balaban J connectivity index is 0.000000182. The number of para-hydroxylation sites is 2. The summed E-state index contributed by atoms with van der Waals surface area (Å²) in [5.41, 5.74) is 6.20. The summed E-state index contributed by atoms with van der Waals surface area (Å²) in [4.78, 5) is 46.3. The fourth-order valence-corrected chi connectivity index (χ4v) is 7.64. The second-order valence-electron chi connectivity index (χ2n) is 18.7. The summed E-state index contributed by atoms with van der Waals surface area (Å²) in [7, 11) is 0.696. The lowest BCUT2D eigenvalue weighted by molar-refractivity contribution is 0.0283. The highest BCUT2D eigenvalue weighted by Crippen LogP contribution is 2.30. The Morgan fingerprint density at radius 2 is 1.15 bits per heavy atom. The topological polar surface area (TPSA) is 164 Å². The van der Waals surface area contributed by atoms with Crippen molar-refractivity contribution in [1.29, 1.82) is 0 Å². The van der Waals surface area contributed by atoms with Crippen molar-refractivity contribution >= 4 is 64.9 Å². The molecule has 16 heteroatoms. The molecule has 4 heterocycles. The highest BCUT2D eigenvalue weighted by atomic mass is 35.5. The molecule has 8 rings (SSSR count). The molecule has 0 bridgehead atoms. The summed E-state index contributed by atoms with van der Waals surface area (Å²) in [5.74, 6) is 2.91. The largest absolute Gasteiger partial charge is 0.569 e. The molecule has 3 N–H and O–H groups in total. The van der Waals surface area contributed by atoms with Gasteiger partial charge in [-0.3, -0.25) is 0 Å². The maximum absolute atomic E-state index is 12.4. The van der Waals surface area contributed by atoms with Gasteiger partial charge < -0.3 is 39.6 Å². The Morgan fingerprint density at radius 3 is 1.68 bits per heavy atom. The highest BCUT2D eigenvalue weighted by molar-refractivity contribution is 6.28. The van der Waals surface area contributed by atoms with Crippen molar-refractivity contribution in [3.8, 4) is 17.1 Å². The van der Waals surface area contributed by atoms with Gasteiger partial charge in [-0.05, 0) is 147 Å². The van der Waals surface area contributed by atoms with Gasteiger partial charge in [0.25, 0.3) is 0 Å². The number of benzene rings is 4. The zero-order valence-corrected chi connectivity index (χ0v) is 40.4. The Hall–Kier alpha value is -6.19. The van der Waals surface area contributed by atoms with E-state index in [9.17, 15) is 9.59 Å². The molecule has 2 saturated heterocycles. The number of ether oxygens (including phenoxy) is 2. The normalized spacial score (nSPS) is 15.9. The summed E-state index contributed by atoms with van der Waals surface area (Å²) in [6.07, 6.45) is 1.13. The van der Waals surface area contributed by atoms with E-state index in [2.05, 4.69) is 52.6 Å². The number of hydrogen-bond donors (Lipinski definition) is 3. The van der Waals surface area contributed by atoms with Crippen LogP contribution in [0, 0.1) is 27.7 Å². The van der Waals surface area contributed by atoms with Crippen molar-refractivity contribution in [1.82, 2.24) is 29.7 Å². The Labute approximate surface area is 393 Å². The molecule has 347 valence electrons. The highest BCUT2D eigenvalue weighted by Gasteiger charge is 2.32. The van der Waals surface area contributed by atoms with Gasteiger partial charge in [0.15, 0.2) is 5.82 Å².